The van der Waals surface area contributed by atoms with Gasteiger partial charge >= 0.3 is 0 Å². The summed E-state index contributed by atoms with van der Waals surface area (Å²) in [5, 5.41) is 0. The van der Waals surface area contributed by atoms with Crippen LogP contribution in [0.1, 0.15) is 45.1 Å². The number of hydrogen-bond donors (Lipinski definition) is 0. The van der Waals surface area contributed by atoms with Crippen LogP contribution in [0.5, 0.6) is 0 Å². The lowest BCUT2D eigenvalue weighted by Crippen LogP contribution is -1.84. The predicted octanol–water partition coefficient (Wildman–Crippen LogP) is 4.67. The van der Waals surface area contributed by atoms with E-state index < -0.39 is 0 Å². The highest BCUT2D eigenvalue weighted by atomic mass is 14.0. The van der Waals surface area contributed by atoms with Gasteiger partial charge in [-0.1, -0.05) is 63.1 Å². The number of hydrogen-bond acceptors (Lipinski definition) is 0. The Morgan fingerprint density at radius 1 is 1.07 bits per heavy atom. The fourth-order valence-electron chi connectivity index (χ4n) is 1.60. The molecular weight excluding hydrogens is 168 g/mol. The molecule has 0 aliphatic carbocycles. The molecule has 1 aromatic carbocycles. The molecule has 0 heterocycles. The Morgan fingerprint density at radius 2 is 1.79 bits per heavy atom. The summed E-state index contributed by atoms with van der Waals surface area (Å²) in [7, 11) is 0. The van der Waals surface area contributed by atoms with Crippen molar-refractivity contribution in [3.8, 4) is 0 Å². The average Bonchev–Trinajstić information content (AvgIpc) is 2.25. The summed E-state index contributed by atoms with van der Waals surface area (Å²) >= 11 is 0. The molecule has 0 amide bonds. The Kier molecular flexibility index (Phi) is 5.06. The van der Waals surface area contributed by atoms with Gasteiger partial charge in [-0.05, 0) is 24.0 Å². The second kappa shape index (κ2) is 6.42. The standard InChI is InChI=1S/C14H20/c1-3-5-10-13(9-4-2)14-11-7-6-8-12-14/h6-8,10-12H,3-5,9H2,1-2H3/b13-10-. The Bertz CT molecular complexity index is 269. The SMILES string of the molecule is CCC/C=C(/CCC)c1ccccc1. The summed E-state index contributed by atoms with van der Waals surface area (Å²) in [4.78, 5) is 0. The van der Waals surface area contributed by atoms with Crippen molar-refractivity contribution < 1.29 is 0 Å². The van der Waals surface area contributed by atoms with Crippen molar-refractivity contribution in [2.24, 2.45) is 0 Å². The van der Waals surface area contributed by atoms with Crippen LogP contribution in [0, 0.1) is 0 Å². The van der Waals surface area contributed by atoms with Crippen molar-refractivity contribution in [3.63, 3.8) is 0 Å². The maximum Gasteiger partial charge on any atom is -0.0228 e. The highest BCUT2D eigenvalue weighted by Gasteiger charge is 1.98. The van der Waals surface area contributed by atoms with E-state index in [4.69, 9.17) is 0 Å². The normalized spacial score (nSPS) is 11.7. The van der Waals surface area contributed by atoms with E-state index in [0.717, 1.165) is 0 Å². The minimum atomic E-state index is 1.20. The minimum Gasteiger partial charge on any atom is -0.0807 e. The van der Waals surface area contributed by atoms with Crippen LogP contribution in [0.4, 0.5) is 0 Å². The lowest BCUT2D eigenvalue weighted by molar-refractivity contribution is 0.933. The molecule has 0 aromatic heterocycles. The van der Waals surface area contributed by atoms with Crippen LogP contribution in [-0.2, 0) is 0 Å². The fraction of sp³-hybridized carbons (Fsp3) is 0.429. The first-order valence-corrected chi connectivity index (χ1v) is 5.63. The van der Waals surface area contributed by atoms with Gasteiger partial charge in [0, 0.05) is 0 Å². The van der Waals surface area contributed by atoms with E-state index in [2.05, 4.69) is 50.3 Å². The second-order valence-electron chi connectivity index (χ2n) is 3.63. The topological polar surface area (TPSA) is 0 Å². The van der Waals surface area contributed by atoms with Gasteiger partial charge in [0.15, 0.2) is 0 Å². The number of unbranched alkanes of at least 4 members (excludes halogenated alkanes) is 1. The molecule has 1 rings (SSSR count). The zero-order valence-corrected chi connectivity index (χ0v) is 9.29. The quantitative estimate of drug-likeness (QED) is 0.630. The summed E-state index contributed by atoms with van der Waals surface area (Å²) in [6.45, 7) is 4.47. The predicted molar refractivity (Wildman–Crippen MR) is 64.2 cm³/mol. The van der Waals surface area contributed by atoms with E-state index in [9.17, 15) is 0 Å². The minimum absolute atomic E-state index is 1.20. The van der Waals surface area contributed by atoms with E-state index in [1.54, 1.807) is 0 Å². The summed E-state index contributed by atoms with van der Waals surface area (Å²) in [5.41, 5.74) is 2.90. The summed E-state index contributed by atoms with van der Waals surface area (Å²) in [6.07, 6.45) is 7.25. The van der Waals surface area contributed by atoms with E-state index in [1.165, 1.54) is 36.8 Å². The number of rotatable bonds is 5. The summed E-state index contributed by atoms with van der Waals surface area (Å²) in [6, 6.07) is 10.7. The largest absolute Gasteiger partial charge is 0.0807 e. The Balaban J connectivity index is 2.77. The van der Waals surface area contributed by atoms with Gasteiger partial charge in [0.2, 0.25) is 0 Å². The summed E-state index contributed by atoms with van der Waals surface area (Å²) in [5.74, 6) is 0. The van der Waals surface area contributed by atoms with E-state index in [1.807, 2.05) is 0 Å². The van der Waals surface area contributed by atoms with Crippen LogP contribution in [0.15, 0.2) is 36.4 Å². The smallest absolute Gasteiger partial charge is 0.0228 e. The third-order valence-corrected chi connectivity index (χ3v) is 2.34. The molecule has 0 unspecified atom stereocenters. The van der Waals surface area contributed by atoms with Crippen LogP contribution in [0.2, 0.25) is 0 Å². The third kappa shape index (κ3) is 3.37. The number of allylic oxidation sites excluding steroid dienone is 2. The van der Waals surface area contributed by atoms with Gasteiger partial charge in [0.25, 0.3) is 0 Å². The van der Waals surface area contributed by atoms with E-state index >= 15 is 0 Å². The molecule has 14 heavy (non-hydrogen) atoms. The van der Waals surface area contributed by atoms with Crippen molar-refractivity contribution in [2.45, 2.75) is 39.5 Å². The molecule has 0 fully saturated rings. The molecule has 0 spiro atoms. The Hall–Kier alpha value is -1.04. The van der Waals surface area contributed by atoms with Crippen LogP contribution < -0.4 is 0 Å². The van der Waals surface area contributed by atoms with Crippen LogP contribution in [-0.4, -0.2) is 0 Å². The van der Waals surface area contributed by atoms with Crippen molar-refractivity contribution in [1.29, 1.82) is 0 Å². The molecule has 0 N–H and O–H groups in total. The van der Waals surface area contributed by atoms with Gasteiger partial charge in [-0.25, -0.2) is 0 Å². The molecule has 0 atom stereocenters. The van der Waals surface area contributed by atoms with E-state index in [-0.39, 0.29) is 0 Å². The van der Waals surface area contributed by atoms with Crippen LogP contribution in [0.25, 0.3) is 5.57 Å². The lowest BCUT2D eigenvalue weighted by Gasteiger charge is -2.06. The maximum atomic E-state index is 2.39. The molecule has 0 aliphatic heterocycles. The third-order valence-electron chi connectivity index (χ3n) is 2.34. The molecule has 0 saturated heterocycles. The lowest BCUT2D eigenvalue weighted by atomic mass is 10.00. The van der Waals surface area contributed by atoms with Gasteiger partial charge < -0.3 is 0 Å². The van der Waals surface area contributed by atoms with Gasteiger partial charge in [0.05, 0.1) is 0 Å². The Labute approximate surface area is 87.7 Å². The van der Waals surface area contributed by atoms with Gasteiger partial charge in [0.1, 0.15) is 0 Å². The first kappa shape index (κ1) is 11.0. The molecule has 1 aromatic rings. The van der Waals surface area contributed by atoms with Gasteiger partial charge in [-0.2, -0.15) is 0 Å². The zero-order chi connectivity index (χ0) is 10.2. The molecule has 76 valence electrons. The molecule has 0 nitrogen and oxygen atoms in total. The molecule has 0 bridgehead atoms. The molecule has 0 radical (unpaired) electrons. The Morgan fingerprint density at radius 3 is 2.36 bits per heavy atom. The van der Waals surface area contributed by atoms with Crippen molar-refractivity contribution in [1.82, 2.24) is 0 Å². The monoisotopic (exact) mass is 188 g/mol. The highest BCUT2D eigenvalue weighted by Crippen LogP contribution is 2.20. The summed E-state index contributed by atoms with van der Waals surface area (Å²) < 4.78 is 0. The van der Waals surface area contributed by atoms with Crippen molar-refractivity contribution >= 4 is 5.57 Å². The highest BCUT2D eigenvalue weighted by molar-refractivity contribution is 5.65. The van der Waals surface area contributed by atoms with Crippen LogP contribution >= 0.6 is 0 Å². The molecule has 0 saturated carbocycles. The second-order valence-corrected chi connectivity index (χ2v) is 3.63. The maximum absolute atomic E-state index is 2.39. The van der Waals surface area contributed by atoms with Gasteiger partial charge in [-0.15, -0.1) is 0 Å². The molecule has 0 heteroatoms. The first-order chi connectivity index (χ1) is 6.88. The first-order valence-electron chi connectivity index (χ1n) is 5.63. The molecular formula is C14H20. The molecule has 0 aliphatic rings. The van der Waals surface area contributed by atoms with Crippen LogP contribution in [0.3, 0.4) is 0 Å². The van der Waals surface area contributed by atoms with Crippen molar-refractivity contribution in [2.75, 3.05) is 0 Å². The van der Waals surface area contributed by atoms with Crippen molar-refractivity contribution in [3.05, 3.63) is 42.0 Å². The fourth-order valence-corrected chi connectivity index (χ4v) is 1.60. The average molecular weight is 188 g/mol. The van der Waals surface area contributed by atoms with Gasteiger partial charge in [-0.3, -0.25) is 0 Å². The zero-order valence-electron chi connectivity index (χ0n) is 9.29. The number of benzene rings is 1. The van der Waals surface area contributed by atoms with E-state index in [0.29, 0.717) is 0 Å².